The van der Waals surface area contributed by atoms with Crippen LogP contribution in [0.4, 0.5) is 5.69 Å². The van der Waals surface area contributed by atoms with Gasteiger partial charge in [0, 0.05) is 11.3 Å². The van der Waals surface area contributed by atoms with Crippen LogP contribution in [0.25, 0.3) is 0 Å². The monoisotopic (exact) mass is 249 g/mol. The third-order valence-corrected chi connectivity index (χ3v) is 3.37. The minimum Gasteiger partial charge on any atom is -0.494 e. The first-order chi connectivity index (χ1) is 8.31. The van der Waals surface area contributed by atoms with Crippen molar-refractivity contribution in [2.24, 2.45) is 0 Å². The largest absolute Gasteiger partial charge is 0.494 e. The van der Waals surface area contributed by atoms with Gasteiger partial charge in [-0.05, 0) is 23.6 Å². The maximum absolute atomic E-state index is 5.91. The smallest absolute Gasteiger partial charge is 0.146 e. The zero-order valence-electron chi connectivity index (χ0n) is 9.68. The summed E-state index contributed by atoms with van der Waals surface area (Å²) < 4.78 is 10.8. The summed E-state index contributed by atoms with van der Waals surface area (Å²) in [6, 6.07) is 9.69. The van der Waals surface area contributed by atoms with Gasteiger partial charge in [-0.25, -0.2) is 0 Å². The molecule has 1 heterocycles. The maximum atomic E-state index is 5.91. The molecule has 0 aliphatic heterocycles. The van der Waals surface area contributed by atoms with E-state index >= 15 is 0 Å². The van der Waals surface area contributed by atoms with Gasteiger partial charge >= 0.3 is 0 Å². The molecular formula is C13H15NO2S. The van der Waals surface area contributed by atoms with Gasteiger partial charge in [0.1, 0.15) is 17.2 Å². The molecule has 2 aromatic rings. The molecule has 0 aliphatic carbocycles. The second-order valence-corrected chi connectivity index (χ2v) is 4.58. The van der Waals surface area contributed by atoms with Crippen LogP contribution < -0.4 is 15.2 Å². The van der Waals surface area contributed by atoms with Crippen LogP contribution in [0.5, 0.6) is 11.5 Å². The normalized spacial score (nSPS) is 10.2. The molecule has 0 aliphatic rings. The molecule has 90 valence electrons. The van der Waals surface area contributed by atoms with Crippen LogP contribution in [-0.2, 0) is 6.42 Å². The molecule has 0 radical (unpaired) electrons. The van der Waals surface area contributed by atoms with E-state index in [0.29, 0.717) is 23.8 Å². The lowest BCUT2D eigenvalue weighted by Gasteiger charge is -2.11. The lowest BCUT2D eigenvalue weighted by Crippen LogP contribution is -2.03. The van der Waals surface area contributed by atoms with Gasteiger partial charge in [0.05, 0.1) is 13.7 Å². The lowest BCUT2D eigenvalue weighted by atomic mass is 10.2. The van der Waals surface area contributed by atoms with E-state index in [9.17, 15) is 0 Å². The number of hydrogen-bond donors (Lipinski definition) is 1. The van der Waals surface area contributed by atoms with Crippen molar-refractivity contribution in [2.75, 3.05) is 19.5 Å². The number of nitrogens with two attached hydrogens (primary N) is 1. The van der Waals surface area contributed by atoms with E-state index in [4.69, 9.17) is 15.2 Å². The Morgan fingerprint density at radius 1 is 1.18 bits per heavy atom. The summed E-state index contributed by atoms with van der Waals surface area (Å²) in [7, 11) is 1.60. The Labute approximate surface area is 105 Å². The van der Waals surface area contributed by atoms with Crippen LogP contribution >= 0.6 is 11.3 Å². The van der Waals surface area contributed by atoms with Gasteiger partial charge in [0.15, 0.2) is 0 Å². The molecule has 0 saturated heterocycles. The maximum Gasteiger partial charge on any atom is 0.146 e. The molecule has 4 heteroatoms. The Morgan fingerprint density at radius 3 is 2.71 bits per heavy atom. The number of rotatable bonds is 5. The summed E-state index contributed by atoms with van der Waals surface area (Å²) >= 11 is 1.73. The van der Waals surface area contributed by atoms with Crippen molar-refractivity contribution in [3.05, 3.63) is 40.6 Å². The highest BCUT2D eigenvalue weighted by molar-refractivity contribution is 7.09. The lowest BCUT2D eigenvalue weighted by molar-refractivity contribution is 0.322. The predicted octanol–water partition coefficient (Wildman–Crippen LogP) is 2.96. The summed E-state index contributed by atoms with van der Waals surface area (Å²) in [4.78, 5) is 1.31. The van der Waals surface area contributed by atoms with E-state index < -0.39 is 0 Å². The number of benzene rings is 1. The van der Waals surface area contributed by atoms with Crippen molar-refractivity contribution in [3.63, 3.8) is 0 Å². The van der Waals surface area contributed by atoms with Crippen molar-refractivity contribution in [1.82, 2.24) is 0 Å². The number of para-hydroxylation sites is 1. The van der Waals surface area contributed by atoms with Crippen LogP contribution in [0.2, 0.25) is 0 Å². The quantitative estimate of drug-likeness (QED) is 0.829. The van der Waals surface area contributed by atoms with E-state index in [2.05, 4.69) is 11.4 Å². The number of methoxy groups -OCH3 is 1. The number of anilines is 1. The molecule has 0 fully saturated rings. The van der Waals surface area contributed by atoms with Gasteiger partial charge in [-0.1, -0.05) is 12.1 Å². The van der Waals surface area contributed by atoms with Crippen molar-refractivity contribution in [3.8, 4) is 11.5 Å². The molecule has 1 aromatic heterocycles. The average Bonchev–Trinajstić information content (AvgIpc) is 2.84. The molecule has 2 rings (SSSR count). The fourth-order valence-electron chi connectivity index (χ4n) is 1.54. The van der Waals surface area contributed by atoms with Crippen LogP contribution in [0.1, 0.15) is 4.88 Å². The van der Waals surface area contributed by atoms with E-state index in [1.165, 1.54) is 4.88 Å². The van der Waals surface area contributed by atoms with Crippen LogP contribution in [0, 0.1) is 0 Å². The highest BCUT2D eigenvalue weighted by Gasteiger charge is 2.05. The van der Waals surface area contributed by atoms with E-state index in [1.54, 1.807) is 18.4 Å². The first kappa shape index (κ1) is 11.8. The topological polar surface area (TPSA) is 44.5 Å². The standard InChI is InChI=1S/C13H15NO2S/c1-15-11-5-2-6-12(13(11)14)16-8-7-10-4-3-9-17-10/h2-6,9H,7-8,14H2,1H3. The van der Waals surface area contributed by atoms with Crippen LogP contribution in [0.15, 0.2) is 35.7 Å². The van der Waals surface area contributed by atoms with Gasteiger partial charge in [-0.15, -0.1) is 11.3 Å². The van der Waals surface area contributed by atoms with Gasteiger partial charge in [-0.3, -0.25) is 0 Å². The van der Waals surface area contributed by atoms with Crippen molar-refractivity contribution in [2.45, 2.75) is 6.42 Å². The number of nitrogen functional groups attached to an aromatic ring is 1. The molecule has 0 atom stereocenters. The minimum absolute atomic E-state index is 0.557. The summed E-state index contributed by atoms with van der Waals surface area (Å²) in [5.41, 5.74) is 6.46. The van der Waals surface area contributed by atoms with Gasteiger partial charge in [-0.2, -0.15) is 0 Å². The molecule has 0 bridgehead atoms. The van der Waals surface area contributed by atoms with E-state index in [1.807, 2.05) is 24.3 Å². The molecule has 0 saturated carbocycles. The number of ether oxygens (including phenoxy) is 2. The molecule has 0 amide bonds. The first-order valence-corrected chi connectivity index (χ1v) is 6.27. The summed E-state index contributed by atoms with van der Waals surface area (Å²) in [5, 5.41) is 2.06. The molecule has 2 N–H and O–H groups in total. The van der Waals surface area contributed by atoms with E-state index in [-0.39, 0.29) is 0 Å². The summed E-state index contributed by atoms with van der Waals surface area (Å²) in [6.07, 6.45) is 0.897. The Hall–Kier alpha value is -1.68. The van der Waals surface area contributed by atoms with Gasteiger partial charge < -0.3 is 15.2 Å². The second kappa shape index (κ2) is 5.59. The second-order valence-electron chi connectivity index (χ2n) is 3.55. The Morgan fingerprint density at radius 2 is 2.00 bits per heavy atom. The summed E-state index contributed by atoms with van der Waals surface area (Å²) in [6.45, 7) is 0.623. The molecule has 1 aromatic carbocycles. The van der Waals surface area contributed by atoms with Gasteiger partial charge in [0.2, 0.25) is 0 Å². The third-order valence-electron chi connectivity index (χ3n) is 2.43. The molecule has 0 spiro atoms. The molecule has 0 unspecified atom stereocenters. The van der Waals surface area contributed by atoms with Gasteiger partial charge in [0.25, 0.3) is 0 Å². The number of hydrogen-bond acceptors (Lipinski definition) is 4. The molecule has 17 heavy (non-hydrogen) atoms. The third kappa shape index (κ3) is 2.91. The zero-order valence-corrected chi connectivity index (χ0v) is 10.5. The Balaban J connectivity index is 1.95. The Kier molecular flexibility index (Phi) is 3.88. The minimum atomic E-state index is 0.557. The highest BCUT2D eigenvalue weighted by Crippen LogP contribution is 2.30. The van der Waals surface area contributed by atoms with Crippen molar-refractivity contribution in [1.29, 1.82) is 0 Å². The van der Waals surface area contributed by atoms with Crippen molar-refractivity contribution >= 4 is 17.0 Å². The average molecular weight is 249 g/mol. The predicted molar refractivity (Wildman–Crippen MR) is 70.9 cm³/mol. The molecule has 3 nitrogen and oxygen atoms in total. The fourth-order valence-corrected chi connectivity index (χ4v) is 2.23. The highest BCUT2D eigenvalue weighted by atomic mass is 32.1. The van der Waals surface area contributed by atoms with Crippen LogP contribution in [-0.4, -0.2) is 13.7 Å². The Bertz CT molecular complexity index is 468. The first-order valence-electron chi connectivity index (χ1n) is 5.39. The number of thiophene rings is 1. The van der Waals surface area contributed by atoms with E-state index in [0.717, 1.165) is 6.42 Å². The fraction of sp³-hybridized carbons (Fsp3) is 0.231. The zero-order chi connectivity index (χ0) is 12.1. The SMILES string of the molecule is COc1cccc(OCCc2cccs2)c1N. The molecular weight excluding hydrogens is 234 g/mol. The van der Waals surface area contributed by atoms with Crippen LogP contribution in [0.3, 0.4) is 0 Å². The van der Waals surface area contributed by atoms with Crippen molar-refractivity contribution < 1.29 is 9.47 Å². The summed E-state index contributed by atoms with van der Waals surface area (Å²) in [5.74, 6) is 1.33.